The summed E-state index contributed by atoms with van der Waals surface area (Å²) in [6.07, 6.45) is 2.35. The van der Waals surface area contributed by atoms with Gasteiger partial charge in [-0.05, 0) is 43.2 Å². The number of benzene rings is 1. The lowest BCUT2D eigenvalue weighted by molar-refractivity contribution is 0.102. The highest BCUT2D eigenvalue weighted by Crippen LogP contribution is 2.39. The summed E-state index contributed by atoms with van der Waals surface area (Å²) < 4.78 is 5.38. The third kappa shape index (κ3) is 3.99. The molecule has 7 heteroatoms. The van der Waals surface area contributed by atoms with Crippen molar-refractivity contribution in [3.05, 3.63) is 41.7 Å². The fourth-order valence-corrected chi connectivity index (χ4v) is 2.06. The maximum atomic E-state index is 12.1. The molecule has 0 atom stereocenters. The zero-order valence-electron chi connectivity index (χ0n) is 12.0. The topological polar surface area (TPSA) is 93.0 Å². The Kier molecular flexibility index (Phi) is 5.41. The zero-order chi connectivity index (χ0) is 14.7. The number of hydrogen-bond acceptors (Lipinski definition) is 4. The van der Waals surface area contributed by atoms with Crippen LogP contribution in [0.15, 0.2) is 30.3 Å². The molecule has 1 amide bonds. The molecule has 0 radical (unpaired) electrons. The van der Waals surface area contributed by atoms with Crippen molar-refractivity contribution in [3.63, 3.8) is 0 Å². The van der Waals surface area contributed by atoms with Crippen molar-refractivity contribution in [1.82, 2.24) is 10.2 Å². The normalized spacial score (nSPS) is 13.3. The van der Waals surface area contributed by atoms with Crippen LogP contribution >= 0.6 is 12.4 Å². The highest BCUT2D eigenvalue weighted by Gasteiger charge is 2.26. The van der Waals surface area contributed by atoms with Gasteiger partial charge in [-0.15, -0.1) is 12.4 Å². The second-order valence-corrected chi connectivity index (χ2v) is 5.10. The molecule has 3 rings (SSSR count). The minimum atomic E-state index is -0.214. The van der Waals surface area contributed by atoms with Gasteiger partial charge < -0.3 is 15.8 Å². The van der Waals surface area contributed by atoms with Gasteiger partial charge in [-0.25, -0.2) is 0 Å². The number of nitrogens with zero attached hydrogens (tertiary/aromatic N) is 1. The third-order valence-electron chi connectivity index (χ3n) is 3.35. The molecule has 1 saturated carbocycles. The Labute approximate surface area is 134 Å². The number of carbonyl (C=O) groups excluding carboxylic acids is 1. The largest absolute Gasteiger partial charge is 0.492 e. The van der Waals surface area contributed by atoms with Crippen LogP contribution in [-0.2, 0) is 0 Å². The molecule has 0 saturated heterocycles. The molecular weight excluding hydrogens is 304 g/mol. The summed E-state index contributed by atoms with van der Waals surface area (Å²) in [5.41, 5.74) is 7.54. The van der Waals surface area contributed by atoms with E-state index in [1.165, 1.54) is 12.8 Å². The van der Waals surface area contributed by atoms with Gasteiger partial charge in [0.05, 0.1) is 0 Å². The number of ether oxygens (including phenoxy) is 1. The van der Waals surface area contributed by atoms with Gasteiger partial charge in [0.15, 0.2) is 5.69 Å². The summed E-state index contributed by atoms with van der Waals surface area (Å²) in [7, 11) is 0. The Hall–Kier alpha value is -2.05. The number of aromatic nitrogens is 2. The lowest BCUT2D eigenvalue weighted by atomic mass is 10.2. The maximum Gasteiger partial charge on any atom is 0.276 e. The predicted molar refractivity (Wildman–Crippen MR) is 86.8 cm³/mol. The van der Waals surface area contributed by atoms with E-state index in [0.29, 0.717) is 30.5 Å². The highest BCUT2D eigenvalue weighted by atomic mass is 35.5. The number of nitrogens with one attached hydrogen (secondary N) is 2. The van der Waals surface area contributed by atoms with Gasteiger partial charge in [0.1, 0.15) is 12.4 Å². The Morgan fingerprint density at radius 3 is 2.73 bits per heavy atom. The SMILES string of the molecule is Cl.NCCOc1ccc(NC(=O)c2cc(C3CC3)[nH]n2)cc1. The van der Waals surface area contributed by atoms with E-state index in [1.807, 2.05) is 6.07 Å². The monoisotopic (exact) mass is 322 g/mol. The number of hydrogen-bond donors (Lipinski definition) is 3. The standard InChI is InChI=1S/C15H18N4O2.ClH/c16-7-8-21-12-5-3-11(4-6-12)17-15(20)14-9-13(18-19-14)10-1-2-10;/h3-6,9-10H,1-2,7-8,16H2,(H,17,20)(H,18,19);1H. The zero-order valence-corrected chi connectivity index (χ0v) is 12.9. The van der Waals surface area contributed by atoms with Gasteiger partial charge in [0, 0.05) is 23.8 Å². The molecule has 1 fully saturated rings. The molecule has 6 nitrogen and oxygen atoms in total. The second-order valence-electron chi connectivity index (χ2n) is 5.10. The molecule has 22 heavy (non-hydrogen) atoms. The smallest absolute Gasteiger partial charge is 0.276 e. The van der Waals surface area contributed by atoms with Crippen LogP contribution < -0.4 is 15.8 Å². The van der Waals surface area contributed by atoms with E-state index in [9.17, 15) is 4.79 Å². The van der Waals surface area contributed by atoms with E-state index in [4.69, 9.17) is 10.5 Å². The number of nitrogens with two attached hydrogens (primary N) is 1. The van der Waals surface area contributed by atoms with Crippen LogP contribution in [0.25, 0.3) is 0 Å². The fourth-order valence-electron chi connectivity index (χ4n) is 2.06. The van der Waals surface area contributed by atoms with Gasteiger partial charge in [0.25, 0.3) is 5.91 Å². The van der Waals surface area contributed by atoms with Crippen LogP contribution in [-0.4, -0.2) is 29.3 Å². The van der Waals surface area contributed by atoms with Crippen molar-refractivity contribution in [2.24, 2.45) is 5.73 Å². The minimum Gasteiger partial charge on any atom is -0.492 e. The summed E-state index contributed by atoms with van der Waals surface area (Å²) >= 11 is 0. The Morgan fingerprint density at radius 1 is 1.36 bits per heavy atom. The molecular formula is C15H19ClN4O2. The maximum absolute atomic E-state index is 12.1. The van der Waals surface area contributed by atoms with E-state index in [0.717, 1.165) is 11.4 Å². The molecule has 0 bridgehead atoms. The highest BCUT2D eigenvalue weighted by molar-refractivity contribution is 6.02. The van der Waals surface area contributed by atoms with Crippen LogP contribution in [0.5, 0.6) is 5.75 Å². The number of carbonyl (C=O) groups is 1. The van der Waals surface area contributed by atoms with E-state index in [2.05, 4.69) is 15.5 Å². The van der Waals surface area contributed by atoms with Gasteiger partial charge in [-0.3, -0.25) is 9.89 Å². The van der Waals surface area contributed by atoms with Crippen LogP contribution in [0.3, 0.4) is 0 Å². The summed E-state index contributed by atoms with van der Waals surface area (Å²) in [5.74, 6) is 1.07. The van der Waals surface area contributed by atoms with Crippen LogP contribution in [0, 0.1) is 0 Å². The average Bonchev–Trinajstić information content (AvgIpc) is 3.23. The van der Waals surface area contributed by atoms with Gasteiger partial charge in [-0.1, -0.05) is 0 Å². The quantitative estimate of drug-likeness (QED) is 0.760. The fraction of sp³-hybridized carbons (Fsp3) is 0.333. The summed E-state index contributed by atoms with van der Waals surface area (Å²) in [6.45, 7) is 0.948. The molecule has 0 spiro atoms. The lowest BCUT2D eigenvalue weighted by Gasteiger charge is -2.06. The number of anilines is 1. The first-order valence-electron chi connectivity index (χ1n) is 7.06. The number of H-pyrrole nitrogens is 1. The van der Waals surface area contributed by atoms with Crippen molar-refractivity contribution in [2.75, 3.05) is 18.5 Å². The minimum absolute atomic E-state index is 0. The molecule has 0 aliphatic heterocycles. The number of rotatable bonds is 6. The molecule has 4 N–H and O–H groups in total. The predicted octanol–water partition coefficient (Wildman–Crippen LogP) is 2.30. The first-order chi connectivity index (χ1) is 10.3. The molecule has 1 aromatic heterocycles. The van der Waals surface area contributed by atoms with Crippen LogP contribution in [0.4, 0.5) is 5.69 Å². The number of amides is 1. The second kappa shape index (κ2) is 7.29. The van der Waals surface area contributed by atoms with Crippen LogP contribution in [0.1, 0.15) is 34.9 Å². The van der Waals surface area contributed by atoms with Crippen LogP contribution in [0.2, 0.25) is 0 Å². The molecule has 1 aromatic carbocycles. The van der Waals surface area contributed by atoms with Crippen molar-refractivity contribution < 1.29 is 9.53 Å². The third-order valence-corrected chi connectivity index (χ3v) is 3.35. The summed E-state index contributed by atoms with van der Waals surface area (Å²) in [5, 5.41) is 9.79. The summed E-state index contributed by atoms with van der Waals surface area (Å²) in [6, 6.07) is 9.00. The first-order valence-corrected chi connectivity index (χ1v) is 7.06. The Bertz CT molecular complexity index is 623. The first kappa shape index (κ1) is 16.3. The van der Waals surface area contributed by atoms with E-state index < -0.39 is 0 Å². The van der Waals surface area contributed by atoms with Gasteiger partial charge >= 0.3 is 0 Å². The van der Waals surface area contributed by atoms with Crippen molar-refractivity contribution in [2.45, 2.75) is 18.8 Å². The number of halogens is 1. The van der Waals surface area contributed by atoms with Crippen molar-refractivity contribution >= 4 is 24.0 Å². The lowest BCUT2D eigenvalue weighted by Crippen LogP contribution is -2.12. The molecule has 1 heterocycles. The molecule has 0 unspecified atom stereocenters. The van der Waals surface area contributed by atoms with Crippen molar-refractivity contribution in [3.8, 4) is 5.75 Å². The molecule has 2 aromatic rings. The van der Waals surface area contributed by atoms with E-state index in [1.54, 1.807) is 24.3 Å². The average molecular weight is 323 g/mol. The Balaban J connectivity index is 0.00000176. The summed E-state index contributed by atoms with van der Waals surface area (Å²) in [4.78, 5) is 12.1. The van der Waals surface area contributed by atoms with E-state index in [-0.39, 0.29) is 18.3 Å². The number of aromatic amines is 1. The molecule has 1 aliphatic rings. The molecule has 118 valence electrons. The van der Waals surface area contributed by atoms with Gasteiger partial charge in [0.2, 0.25) is 0 Å². The van der Waals surface area contributed by atoms with Gasteiger partial charge in [-0.2, -0.15) is 5.10 Å². The van der Waals surface area contributed by atoms with E-state index >= 15 is 0 Å². The Morgan fingerprint density at radius 2 is 2.09 bits per heavy atom. The van der Waals surface area contributed by atoms with Crippen molar-refractivity contribution in [1.29, 1.82) is 0 Å². The molecule has 1 aliphatic carbocycles.